The number of alkyl carbamates (subject to hydrolysis) is 1. The van der Waals surface area contributed by atoms with Crippen molar-refractivity contribution in [2.75, 3.05) is 13.2 Å². The summed E-state index contributed by atoms with van der Waals surface area (Å²) in [7, 11) is 0. The number of nitrogens with one attached hydrogen (secondary N) is 1. The van der Waals surface area contributed by atoms with Gasteiger partial charge in [0.25, 0.3) is 0 Å². The molecule has 0 bridgehead atoms. The van der Waals surface area contributed by atoms with E-state index in [0.29, 0.717) is 12.8 Å². The molecule has 1 saturated heterocycles. The maximum absolute atomic E-state index is 13.0. The number of carboxylic acid groups (broad SMARTS) is 1. The molecule has 0 radical (unpaired) electrons. The first-order valence-corrected chi connectivity index (χ1v) is 12.2. The van der Waals surface area contributed by atoms with E-state index in [1.807, 2.05) is 24.3 Å². The van der Waals surface area contributed by atoms with Gasteiger partial charge < -0.3 is 25.2 Å². The number of hydrogen-bond acceptors (Lipinski definition) is 5. The summed E-state index contributed by atoms with van der Waals surface area (Å²) in [5, 5.41) is 22.2. The second kappa shape index (κ2) is 9.70. The Morgan fingerprint density at radius 2 is 1.63 bits per heavy atom. The van der Waals surface area contributed by atoms with Crippen molar-refractivity contribution in [3.8, 4) is 11.1 Å². The number of rotatable bonds is 5. The van der Waals surface area contributed by atoms with E-state index in [1.54, 1.807) is 0 Å². The molecule has 2 aromatic carbocycles. The lowest BCUT2D eigenvalue weighted by Crippen LogP contribution is -2.47. The zero-order valence-electron chi connectivity index (χ0n) is 19.4. The summed E-state index contributed by atoms with van der Waals surface area (Å²) in [5.74, 6) is -1.76. The Balaban J connectivity index is 1.18. The molecule has 2 fully saturated rings. The zero-order valence-corrected chi connectivity index (χ0v) is 19.4. The van der Waals surface area contributed by atoms with Crippen LogP contribution in [0.15, 0.2) is 48.5 Å². The molecule has 8 nitrogen and oxygen atoms in total. The van der Waals surface area contributed by atoms with Crippen LogP contribution in [-0.2, 0) is 14.3 Å². The Kier molecular flexibility index (Phi) is 6.47. The second-order valence-electron chi connectivity index (χ2n) is 9.76. The number of amides is 2. The smallest absolute Gasteiger partial charge is 0.407 e. The number of nitrogens with zero attached hydrogens (tertiary/aromatic N) is 1. The summed E-state index contributed by atoms with van der Waals surface area (Å²) < 4.78 is 5.64. The van der Waals surface area contributed by atoms with Gasteiger partial charge in [0.2, 0.25) is 5.91 Å². The number of hydrogen-bond donors (Lipinski definition) is 3. The molecule has 4 atom stereocenters. The standard InChI is InChI=1S/C27H30N2O6/c30-18-13-24(26(32)33)29(14-18)25(31)16-6-5-7-17(12-16)28-27(34)35-15-23-21-10-3-1-8-19(21)20-9-2-4-11-22(20)23/h1-4,8-11,16-18,23-24,30H,5-7,12-15H2,(H,28,34)(H,32,33)/t16-,17+,18+,24+/m1/s1. The first-order chi connectivity index (χ1) is 16.9. The number of aliphatic hydroxyl groups is 1. The molecule has 1 saturated carbocycles. The fraction of sp³-hybridized carbons (Fsp3) is 0.444. The average Bonchev–Trinajstić information content (AvgIpc) is 3.41. The van der Waals surface area contributed by atoms with Gasteiger partial charge in [-0.25, -0.2) is 9.59 Å². The Morgan fingerprint density at radius 1 is 0.971 bits per heavy atom. The molecule has 8 heteroatoms. The van der Waals surface area contributed by atoms with Gasteiger partial charge in [-0.05, 0) is 41.5 Å². The Hall–Kier alpha value is -3.39. The number of ether oxygens (including phenoxy) is 1. The summed E-state index contributed by atoms with van der Waals surface area (Å²) >= 11 is 0. The van der Waals surface area contributed by atoms with E-state index in [0.717, 1.165) is 35.1 Å². The van der Waals surface area contributed by atoms with Gasteiger partial charge in [0.15, 0.2) is 0 Å². The zero-order chi connectivity index (χ0) is 24.5. The van der Waals surface area contributed by atoms with Gasteiger partial charge in [-0.3, -0.25) is 4.79 Å². The topological polar surface area (TPSA) is 116 Å². The summed E-state index contributed by atoms with van der Waals surface area (Å²) in [5.41, 5.74) is 4.62. The van der Waals surface area contributed by atoms with E-state index in [1.165, 1.54) is 4.90 Å². The molecule has 3 aliphatic rings. The first kappa shape index (κ1) is 23.4. The Bertz CT molecular complexity index is 1090. The average molecular weight is 479 g/mol. The number of β-amino-alcohol motifs (C(OH)–C–C–N with tert-alkyl or cyclic N) is 1. The molecule has 2 aromatic rings. The highest BCUT2D eigenvalue weighted by Gasteiger charge is 2.42. The summed E-state index contributed by atoms with van der Waals surface area (Å²) in [6, 6.07) is 15.1. The van der Waals surface area contributed by atoms with Crippen molar-refractivity contribution in [3.05, 3.63) is 59.7 Å². The number of carboxylic acids is 1. The van der Waals surface area contributed by atoms with Crippen LogP contribution in [0.3, 0.4) is 0 Å². The van der Waals surface area contributed by atoms with Gasteiger partial charge in [-0.15, -0.1) is 0 Å². The normalized spacial score (nSPS) is 25.6. The lowest BCUT2D eigenvalue weighted by Gasteiger charge is -2.32. The minimum atomic E-state index is -1.10. The molecule has 5 rings (SSSR count). The fourth-order valence-electron chi connectivity index (χ4n) is 5.88. The fourth-order valence-corrected chi connectivity index (χ4v) is 5.88. The van der Waals surface area contributed by atoms with Crippen LogP contribution in [0.4, 0.5) is 4.79 Å². The van der Waals surface area contributed by atoms with Crippen molar-refractivity contribution in [2.45, 2.75) is 56.2 Å². The van der Waals surface area contributed by atoms with Crippen molar-refractivity contribution in [1.29, 1.82) is 0 Å². The molecule has 2 amide bonds. The molecule has 184 valence electrons. The van der Waals surface area contributed by atoms with Gasteiger partial charge in [-0.2, -0.15) is 0 Å². The van der Waals surface area contributed by atoms with E-state index < -0.39 is 24.2 Å². The van der Waals surface area contributed by atoms with Crippen LogP contribution in [0.2, 0.25) is 0 Å². The predicted octanol–water partition coefficient (Wildman–Crippen LogP) is 3.13. The van der Waals surface area contributed by atoms with Crippen LogP contribution in [0.5, 0.6) is 0 Å². The molecule has 2 aliphatic carbocycles. The maximum atomic E-state index is 13.0. The number of aliphatic carboxylic acids is 1. The highest BCUT2D eigenvalue weighted by Crippen LogP contribution is 2.44. The number of aliphatic hydroxyl groups excluding tert-OH is 1. The predicted molar refractivity (Wildman–Crippen MR) is 128 cm³/mol. The monoisotopic (exact) mass is 478 g/mol. The molecule has 1 aliphatic heterocycles. The van der Waals surface area contributed by atoms with Crippen LogP contribution < -0.4 is 5.32 Å². The highest BCUT2D eigenvalue weighted by molar-refractivity contribution is 5.86. The van der Waals surface area contributed by atoms with Crippen molar-refractivity contribution in [1.82, 2.24) is 10.2 Å². The lowest BCUT2D eigenvalue weighted by atomic mass is 9.84. The molecular formula is C27H30N2O6. The number of fused-ring (bicyclic) bond motifs is 3. The van der Waals surface area contributed by atoms with Crippen molar-refractivity contribution < 1.29 is 29.3 Å². The van der Waals surface area contributed by atoms with E-state index in [4.69, 9.17) is 4.74 Å². The quantitative estimate of drug-likeness (QED) is 0.608. The van der Waals surface area contributed by atoms with Crippen LogP contribution in [0.1, 0.15) is 49.1 Å². The van der Waals surface area contributed by atoms with Gasteiger partial charge in [0.1, 0.15) is 12.6 Å². The van der Waals surface area contributed by atoms with Crippen LogP contribution >= 0.6 is 0 Å². The van der Waals surface area contributed by atoms with E-state index >= 15 is 0 Å². The number of carbonyl (C=O) groups excluding carboxylic acids is 2. The maximum Gasteiger partial charge on any atom is 0.407 e. The van der Waals surface area contributed by atoms with E-state index in [-0.39, 0.29) is 43.4 Å². The minimum Gasteiger partial charge on any atom is -0.480 e. The van der Waals surface area contributed by atoms with Crippen molar-refractivity contribution in [2.24, 2.45) is 5.92 Å². The van der Waals surface area contributed by atoms with Gasteiger partial charge in [-0.1, -0.05) is 55.0 Å². The Labute approximate surface area is 203 Å². The summed E-state index contributed by atoms with van der Waals surface area (Å²) in [6.07, 6.45) is 1.28. The lowest BCUT2D eigenvalue weighted by molar-refractivity contribution is -0.150. The molecule has 0 aromatic heterocycles. The van der Waals surface area contributed by atoms with E-state index in [2.05, 4.69) is 29.6 Å². The molecular weight excluding hydrogens is 448 g/mol. The Morgan fingerprint density at radius 3 is 2.29 bits per heavy atom. The van der Waals surface area contributed by atoms with Crippen LogP contribution in [-0.4, -0.2) is 64.4 Å². The first-order valence-electron chi connectivity index (χ1n) is 12.2. The van der Waals surface area contributed by atoms with Gasteiger partial charge in [0.05, 0.1) is 6.10 Å². The third-order valence-electron chi connectivity index (χ3n) is 7.54. The molecule has 0 spiro atoms. The number of benzene rings is 2. The third-order valence-corrected chi connectivity index (χ3v) is 7.54. The molecule has 0 unspecified atom stereocenters. The second-order valence-corrected chi connectivity index (χ2v) is 9.76. The third kappa shape index (κ3) is 4.62. The number of likely N-dealkylation sites (tertiary alicyclic amines) is 1. The van der Waals surface area contributed by atoms with Crippen LogP contribution in [0.25, 0.3) is 11.1 Å². The van der Waals surface area contributed by atoms with Crippen molar-refractivity contribution >= 4 is 18.0 Å². The minimum absolute atomic E-state index is 0.0246. The van der Waals surface area contributed by atoms with Gasteiger partial charge in [0, 0.05) is 30.8 Å². The highest BCUT2D eigenvalue weighted by atomic mass is 16.5. The number of carbonyl (C=O) groups is 3. The van der Waals surface area contributed by atoms with E-state index in [9.17, 15) is 24.6 Å². The molecule has 35 heavy (non-hydrogen) atoms. The SMILES string of the molecule is O=C(N[C@H]1CCC[C@@H](C(=O)N2C[C@@H](O)C[C@H]2C(=O)O)C1)OCC1c2ccccc2-c2ccccc21. The van der Waals surface area contributed by atoms with Crippen molar-refractivity contribution in [3.63, 3.8) is 0 Å². The van der Waals surface area contributed by atoms with Gasteiger partial charge >= 0.3 is 12.1 Å². The summed E-state index contributed by atoms with van der Waals surface area (Å²) in [4.78, 5) is 38.5. The molecule has 3 N–H and O–H groups in total. The van der Waals surface area contributed by atoms with Crippen LogP contribution in [0, 0.1) is 5.92 Å². The largest absolute Gasteiger partial charge is 0.480 e. The molecule has 1 heterocycles. The summed E-state index contributed by atoms with van der Waals surface area (Å²) in [6.45, 7) is 0.262.